The molecule has 2 bridgehead atoms. The number of rotatable bonds is 4. The fourth-order valence-electron chi connectivity index (χ4n) is 6.77. The summed E-state index contributed by atoms with van der Waals surface area (Å²) in [5.41, 5.74) is -1.41. The van der Waals surface area contributed by atoms with Crippen molar-refractivity contribution in [1.82, 2.24) is 24.0 Å². The molecule has 3 aliphatic heterocycles. The fraction of sp³-hybridized carbons (Fsp3) is 0.519. The van der Waals surface area contributed by atoms with Crippen LogP contribution in [-0.4, -0.2) is 53.4 Å². The Labute approximate surface area is 218 Å². The molecule has 1 saturated carbocycles. The van der Waals surface area contributed by atoms with E-state index in [1.165, 1.54) is 11.9 Å². The first-order valence-corrected chi connectivity index (χ1v) is 12.6. The van der Waals surface area contributed by atoms with E-state index < -0.39 is 45.3 Å². The number of aliphatic carboxylic acids is 1. The minimum Gasteiger partial charge on any atom is -0.481 e. The number of carbonyl (C=O) groups excluding carboxylic acids is 2. The van der Waals surface area contributed by atoms with Gasteiger partial charge in [-0.25, -0.2) is 9.78 Å². The van der Waals surface area contributed by atoms with Gasteiger partial charge in [0, 0.05) is 31.0 Å². The first kappa shape index (κ1) is 25.7. The summed E-state index contributed by atoms with van der Waals surface area (Å²) in [6.45, 7) is 8.99. The molecule has 11 nitrogen and oxygen atoms in total. The Balaban J connectivity index is 1.61. The molecule has 1 aliphatic carbocycles. The standard InChI is InChI=1S/C27H31N5O6/c1-14-9-16-17(10-15(14)2)31(19-18(28-16)20(33)30(6)24(38)29-19)7-8-32-21(34)25(3)11-26(4,22(32)35)13-27(5,12-25)23(36)37/h9-10H,7-8,11-13H2,1-6H3,(H,36,37)/t25-,26+,27?. The number of fused-ring (bicyclic) bond motifs is 4. The number of piperidine rings is 1. The van der Waals surface area contributed by atoms with Crippen molar-refractivity contribution < 1.29 is 19.5 Å². The third-order valence-corrected chi connectivity index (χ3v) is 8.50. The molecule has 1 aromatic rings. The Bertz CT molecular complexity index is 1620. The number of likely N-dealkylation sites (tertiary alicyclic amines) is 1. The van der Waals surface area contributed by atoms with Gasteiger partial charge in [0.25, 0.3) is 5.56 Å². The van der Waals surface area contributed by atoms with E-state index in [0.717, 1.165) is 15.7 Å². The minimum atomic E-state index is -1.19. The summed E-state index contributed by atoms with van der Waals surface area (Å²) in [6, 6.07) is 3.73. The molecule has 0 aromatic heterocycles. The Morgan fingerprint density at radius 3 is 2.08 bits per heavy atom. The zero-order chi connectivity index (χ0) is 27.9. The molecule has 1 unspecified atom stereocenters. The van der Waals surface area contributed by atoms with Gasteiger partial charge in [-0.1, -0.05) is 13.8 Å². The Morgan fingerprint density at radius 2 is 1.50 bits per heavy atom. The van der Waals surface area contributed by atoms with Gasteiger partial charge in [0.2, 0.25) is 11.8 Å². The van der Waals surface area contributed by atoms with E-state index in [4.69, 9.17) is 0 Å². The van der Waals surface area contributed by atoms with Crippen molar-refractivity contribution in [3.63, 3.8) is 0 Å². The topological polar surface area (TPSA) is 144 Å². The summed E-state index contributed by atoms with van der Waals surface area (Å²) >= 11 is 0. The molecule has 1 N–H and O–H groups in total. The summed E-state index contributed by atoms with van der Waals surface area (Å²) < 4.78 is 2.57. The van der Waals surface area contributed by atoms with Crippen LogP contribution < -0.4 is 11.2 Å². The zero-order valence-corrected chi connectivity index (χ0v) is 22.4. The van der Waals surface area contributed by atoms with Gasteiger partial charge in [-0.15, -0.1) is 0 Å². The second-order valence-corrected chi connectivity index (χ2v) is 11.9. The number of hydrogen-bond acceptors (Lipinski definition) is 7. The summed E-state index contributed by atoms with van der Waals surface area (Å²) in [7, 11) is 1.34. The molecule has 200 valence electrons. The predicted octanol–water partition coefficient (Wildman–Crippen LogP) is 1.87. The van der Waals surface area contributed by atoms with Gasteiger partial charge in [0.05, 0.1) is 16.4 Å². The lowest BCUT2D eigenvalue weighted by atomic mass is 9.52. The summed E-state index contributed by atoms with van der Waals surface area (Å²) in [6.07, 6.45) is 0.565. The number of amides is 2. The van der Waals surface area contributed by atoms with Crippen molar-refractivity contribution in [1.29, 1.82) is 0 Å². The van der Waals surface area contributed by atoms with E-state index in [9.17, 15) is 29.1 Å². The quantitative estimate of drug-likeness (QED) is 0.405. The Kier molecular flexibility index (Phi) is 5.46. The molecule has 3 atom stereocenters. The molecule has 1 aromatic carbocycles. The number of imide groups is 1. The van der Waals surface area contributed by atoms with Crippen LogP contribution in [0.15, 0.2) is 21.7 Å². The van der Waals surface area contributed by atoms with Gasteiger partial charge >= 0.3 is 11.7 Å². The molecular weight excluding hydrogens is 490 g/mol. The van der Waals surface area contributed by atoms with Gasteiger partial charge in [0.1, 0.15) is 0 Å². The molecule has 38 heavy (non-hydrogen) atoms. The molecular formula is C27H31N5O6. The number of carboxylic acid groups (broad SMARTS) is 1. The second kappa shape index (κ2) is 8.05. The largest absolute Gasteiger partial charge is 0.481 e. The van der Waals surface area contributed by atoms with Crippen molar-refractivity contribution in [2.75, 3.05) is 6.54 Å². The van der Waals surface area contributed by atoms with Crippen LogP contribution in [0.3, 0.4) is 0 Å². The van der Waals surface area contributed by atoms with E-state index in [2.05, 4.69) is 9.97 Å². The van der Waals surface area contributed by atoms with Crippen LogP contribution in [0.2, 0.25) is 0 Å². The lowest BCUT2D eigenvalue weighted by Crippen LogP contribution is -2.64. The molecule has 0 spiro atoms. The monoisotopic (exact) mass is 521 g/mol. The summed E-state index contributed by atoms with van der Waals surface area (Å²) in [5, 5.41) is 9.87. The van der Waals surface area contributed by atoms with Crippen LogP contribution in [0.25, 0.3) is 22.6 Å². The number of aromatic nitrogens is 4. The van der Waals surface area contributed by atoms with Gasteiger partial charge in [0.15, 0.2) is 11.5 Å². The number of nitrogens with zero attached hydrogens (tertiary/aromatic N) is 5. The SMILES string of the molecule is Cc1cc2nc3c(=O)n(C)c(=O)nc-3n(CCN3C(=O)[C@@]4(C)CC(C)(C(=O)O)C[C@](C)(C4)C3=O)c2cc1C. The van der Waals surface area contributed by atoms with Crippen LogP contribution in [-0.2, 0) is 28.0 Å². The highest BCUT2D eigenvalue weighted by Crippen LogP contribution is 2.58. The smallest absolute Gasteiger partial charge is 0.352 e. The maximum atomic E-state index is 13.7. The highest BCUT2D eigenvalue weighted by atomic mass is 16.4. The minimum absolute atomic E-state index is 0.0205. The van der Waals surface area contributed by atoms with Gasteiger partial charge in [-0.05, 0) is 63.3 Å². The molecule has 11 heteroatoms. The molecule has 3 heterocycles. The van der Waals surface area contributed by atoms with Crippen LogP contribution in [0.1, 0.15) is 51.2 Å². The lowest BCUT2D eigenvalue weighted by molar-refractivity contribution is -0.183. The van der Waals surface area contributed by atoms with Crippen molar-refractivity contribution in [3.05, 3.63) is 44.1 Å². The normalized spacial score (nSPS) is 27.4. The van der Waals surface area contributed by atoms with Crippen LogP contribution in [0.4, 0.5) is 0 Å². The van der Waals surface area contributed by atoms with E-state index in [-0.39, 0.29) is 37.4 Å². The van der Waals surface area contributed by atoms with Crippen LogP contribution in [0.5, 0.6) is 0 Å². The van der Waals surface area contributed by atoms with Crippen LogP contribution in [0, 0.1) is 30.1 Å². The maximum absolute atomic E-state index is 13.7. The fourth-order valence-corrected chi connectivity index (χ4v) is 6.77. The Hall–Kier alpha value is -3.89. The predicted molar refractivity (Wildman–Crippen MR) is 138 cm³/mol. The van der Waals surface area contributed by atoms with Crippen molar-refractivity contribution in [2.24, 2.45) is 23.3 Å². The van der Waals surface area contributed by atoms with Gasteiger partial charge < -0.3 is 9.67 Å². The lowest BCUT2D eigenvalue weighted by Gasteiger charge is -2.55. The highest BCUT2D eigenvalue weighted by molar-refractivity contribution is 6.04. The van der Waals surface area contributed by atoms with Crippen molar-refractivity contribution in [2.45, 2.75) is 60.4 Å². The molecule has 2 fully saturated rings. The van der Waals surface area contributed by atoms with E-state index in [1.807, 2.05) is 26.0 Å². The molecule has 1 saturated heterocycles. The summed E-state index contributed by atoms with van der Waals surface area (Å²) in [5.74, 6) is -1.74. The van der Waals surface area contributed by atoms with Gasteiger partial charge in [-0.3, -0.25) is 28.6 Å². The summed E-state index contributed by atoms with van der Waals surface area (Å²) in [4.78, 5) is 74.7. The zero-order valence-electron chi connectivity index (χ0n) is 22.4. The third kappa shape index (κ3) is 3.58. The molecule has 5 rings (SSSR count). The van der Waals surface area contributed by atoms with Crippen molar-refractivity contribution in [3.8, 4) is 11.5 Å². The first-order chi connectivity index (χ1) is 17.6. The average molecular weight is 522 g/mol. The number of benzene rings is 1. The number of carbonyl (C=O) groups is 3. The van der Waals surface area contributed by atoms with Gasteiger partial charge in [-0.2, -0.15) is 4.98 Å². The average Bonchev–Trinajstić information content (AvgIpc) is 2.82. The molecule has 2 amide bonds. The van der Waals surface area contributed by atoms with Crippen LogP contribution >= 0.6 is 0 Å². The van der Waals surface area contributed by atoms with E-state index >= 15 is 0 Å². The number of carboxylic acids is 1. The maximum Gasteiger partial charge on any atom is 0.352 e. The second-order valence-electron chi connectivity index (χ2n) is 11.9. The molecule has 0 radical (unpaired) electrons. The Morgan fingerprint density at radius 1 is 0.921 bits per heavy atom. The number of aryl methyl sites for hydroxylation is 2. The highest BCUT2D eigenvalue weighted by Gasteiger charge is 2.63. The van der Waals surface area contributed by atoms with E-state index in [0.29, 0.717) is 17.5 Å². The van der Waals surface area contributed by atoms with Crippen molar-refractivity contribution >= 4 is 28.8 Å². The third-order valence-electron chi connectivity index (χ3n) is 8.50. The number of hydrogen-bond donors (Lipinski definition) is 1. The first-order valence-electron chi connectivity index (χ1n) is 12.6. The molecule has 4 aliphatic rings. The van der Waals surface area contributed by atoms with E-state index in [1.54, 1.807) is 25.3 Å².